The number of benzene rings is 1. The predicted octanol–water partition coefficient (Wildman–Crippen LogP) is 5.06. The summed E-state index contributed by atoms with van der Waals surface area (Å²) in [5.41, 5.74) is 0.770. The van der Waals surface area contributed by atoms with Crippen LogP contribution in [0.1, 0.15) is 0 Å². The van der Waals surface area contributed by atoms with Gasteiger partial charge in [0.25, 0.3) is 0 Å². The molecule has 0 aliphatic heterocycles. The second kappa shape index (κ2) is 4.86. The standard InChI is InChI=1S/C12H21BrFNSi2/c1-16(2,3)15(17(4,5)6)12-8-7-10(13)9-11(12)14/h7-9H,1-6H3. The summed E-state index contributed by atoms with van der Waals surface area (Å²) in [6, 6.07) is 5.38. The topological polar surface area (TPSA) is 3.24 Å². The van der Waals surface area contributed by atoms with Crippen LogP contribution in [0.5, 0.6) is 0 Å². The lowest BCUT2D eigenvalue weighted by molar-refractivity contribution is 0.629. The first-order chi connectivity index (χ1) is 7.53. The first-order valence-corrected chi connectivity index (χ1v) is 13.5. The molecule has 0 unspecified atom stereocenters. The summed E-state index contributed by atoms with van der Waals surface area (Å²) in [6.07, 6.45) is 0. The monoisotopic (exact) mass is 333 g/mol. The van der Waals surface area contributed by atoms with E-state index in [9.17, 15) is 4.39 Å². The molecule has 1 rings (SSSR count). The number of anilines is 1. The van der Waals surface area contributed by atoms with Gasteiger partial charge in [0.1, 0.15) is 22.3 Å². The van der Waals surface area contributed by atoms with E-state index in [1.165, 1.54) is 0 Å². The van der Waals surface area contributed by atoms with E-state index in [4.69, 9.17) is 0 Å². The van der Waals surface area contributed by atoms with Crippen LogP contribution in [-0.2, 0) is 0 Å². The van der Waals surface area contributed by atoms with Gasteiger partial charge < -0.3 is 4.23 Å². The van der Waals surface area contributed by atoms with Gasteiger partial charge in [-0.15, -0.1) is 0 Å². The van der Waals surface area contributed by atoms with Crippen LogP contribution in [0.2, 0.25) is 39.3 Å². The molecule has 0 saturated heterocycles. The van der Waals surface area contributed by atoms with Crippen molar-refractivity contribution in [1.29, 1.82) is 0 Å². The molecule has 0 heterocycles. The van der Waals surface area contributed by atoms with Gasteiger partial charge in [0, 0.05) is 4.47 Å². The summed E-state index contributed by atoms with van der Waals surface area (Å²) in [4.78, 5) is 0. The Bertz CT molecular complexity index is 396. The van der Waals surface area contributed by atoms with Gasteiger partial charge in [-0.25, -0.2) is 4.39 Å². The smallest absolute Gasteiger partial charge is 0.146 e. The highest BCUT2D eigenvalue weighted by molar-refractivity contribution is 9.10. The molecule has 1 aromatic rings. The number of nitrogens with zero attached hydrogens (tertiary/aromatic N) is 1. The molecule has 0 aliphatic carbocycles. The lowest BCUT2D eigenvalue weighted by Crippen LogP contribution is -2.59. The molecule has 0 radical (unpaired) electrons. The molecule has 96 valence electrons. The molecule has 0 saturated carbocycles. The first kappa shape index (κ1) is 14.9. The highest BCUT2D eigenvalue weighted by Crippen LogP contribution is 2.31. The Labute approximate surface area is 114 Å². The Kier molecular flexibility index (Phi) is 4.26. The lowest BCUT2D eigenvalue weighted by atomic mass is 10.3. The molecule has 0 atom stereocenters. The van der Waals surface area contributed by atoms with E-state index in [0.29, 0.717) is 0 Å². The molecule has 0 aromatic heterocycles. The molecule has 5 heteroatoms. The van der Waals surface area contributed by atoms with Crippen LogP contribution in [-0.4, -0.2) is 16.5 Å². The van der Waals surface area contributed by atoms with Crippen molar-refractivity contribution in [1.82, 2.24) is 0 Å². The zero-order chi connectivity index (χ0) is 13.4. The van der Waals surface area contributed by atoms with Crippen LogP contribution in [0.15, 0.2) is 22.7 Å². The van der Waals surface area contributed by atoms with Gasteiger partial charge in [0.2, 0.25) is 0 Å². The van der Waals surface area contributed by atoms with E-state index >= 15 is 0 Å². The van der Waals surface area contributed by atoms with Crippen LogP contribution in [0.4, 0.5) is 10.1 Å². The van der Waals surface area contributed by atoms with Crippen molar-refractivity contribution >= 4 is 38.1 Å². The van der Waals surface area contributed by atoms with Crippen LogP contribution in [0.25, 0.3) is 0 Å². The molecule has 17 heavy (non-hydrogen) atoms. The summed E-state index contributed by atoms with van der Waals surface area (Å²) in [6.45, 7) is 13.6. The number of halogens is 2. The van der Waals surface area contributed by atoms with Gasteiger partial charge in [-0.2, -0.15) is 0 Å². The van der Waals surface area contributed by atoms with E-state index in [2.05, 4.69) is 59.4 Å². The molecule has 0 spiro atoms. The number of hydrogen-bond donors (Lipinski definition) is 0. The third kappa shape index (κ3) is 3.66. The molecule has 0 bridgehead atoms. The second-order valence-electron chi connectivity index (χ2n) is 6.27. The van der Waals surface area contributed by atoms with Gasteiger partial charge in [-0.3, -0.25) is 0 Å². The summed E-state index contributed by atoms with van der Waals surface area (Å²) < 4.78 is 17.3. The van der Waals surface area contributed by atoms with E-state index in [1.54, 1.807) is 6.07 Å². The van der Waals surface area contributed by atoms with Crippen LogP contribution < -0.4 is 4.23 Å². The Balaban J connectivity index is 3.34. The van der Waals surface area contributed by atoms with Gasteiger partial charge in [0.15, 0.2) is 0 Å². The average Bonchev–Trinajstić information content (AvgIpc) is 2.04. The highest BCUT2D eigenvalue weighted by Gasteiger charge is 2.35. The van der Waals surface area contributed by atoms with Gasteiger partial charge in [-0.05, 0) is 18.2 Å². The van der Waals surface area contributed by atoms with Crippen LogP contribution >= 0.6 is 15.9 Å². The largest absolute Gasteiger partial charge is 0.422 e. The normalized spacial score (nSPS) is 12.7. The van der Waals surface area contributed by atoms with Gasteiger partial charge in [0.05, 0.1) is 5.69 Å². The molecule has 0 fully saturated rings. The van der Waals surface area contributed by atoms with Crippen molar-refractivity contribution in [2.75, 3.05) is 4.23 Å². The number of rotatable bonds is 3. The van der Waals surface area contributed by atoms with Crippen molar-refractivity contribution in [3.63, 3.8) is 0 Å². The number of hydrogen-bond acceptors (Lipinski definition) is 1. The average molecular weight is 334 g/mol. The van der Waals surface area contributed by atoms with Crippen LogP contribution in [0.3, 0.4) is 0 Å². The summed E-state index contributed by atoms with van der Waals surface area (Å²) in [5.74, 6) is -0.121. The minimum absolute atomic E-state index is 0.121. The molecule has 0 N–H and O–H groups in total. The molecule has 1 aromatic carbocycles. The van der Waals surface area contributed by atoms with E-state index in [-0.39, 0.29) is 5.82 Å². The Morgan fingerprint density at radius 2 is 1.47 bits per heavy atom. The fourth-order valence-corrected chi connectivity index (χ4v) is 12.6. The van der Waals surface area contributed by atoms with Gasteiger partial charge in [-0.1, -0.05) is 55.2 Å². The van der Waals surface area contributed by atoms with E-state index < -0.39 is 16.5 Å². The molecular formula is C12H21BrFNSi2. The Morgan fingerprint density at radius 3 is 1.82 bits per heavy atom. The maximum absolute atomic E-state index is 14.1. The van der Waals surface area contributed by atoms with Crippen molar-refractivity contribution < 1.29 is 4.39 Å². The van der Waals surface area contributed by atoms with Gasteiger partial charge >= 0.3 is 0 Å². The summed E-state index contributed by atoms with van der Waals surface area (Å²) in [7, 11) is -3.14. The fourth-order valence-electron chi connectivity index (χ4n) is 2.39. The highest BCUT2D eigenvalue weighted by atomic mass is 79.9. The van der Waals surface area contributed by atoms with E-state index in [1.807, 2.05) is 12.1 Å². The third-order valence-corrected chi connectivity index (χ3v) is 10.2. The summed E-state index contributed by atoms with van der Waals surface area (Å²) >= 11 is 3.31. The third-order valence-electron chi connectivity index (χ3n) is 2.49. The minimum Gasteiger partial charge on any atom is -0.422 e. The first-order valence-electron chi connectivity index (χ1n) is 5.79. The Morgan fingerprint density at radius 1 is 1.00 bits per heavy atom. The molecular weight excluding hydrogens is 313 g/mol. The molecule has 0 amide bonds. The van der Waals surface area contributed by atoms with Crippen LogP contribution in [0, 0.1) is 5.82 Å². The SMILES string of the molecule is C[Si](C)(C)N(c1ccc(Br)cc1F)[Si](C)(C)C. The fraction of sp³-hybridized carbons (Fsp3) is 0.500. The molecule has 0 aliphatic rings. The predicted molar refractivity (Wildman–Crippen MR) is 83.3 cm³/mol. The van der Waals surface area contributed by atoms with E-state index in [0.717, 1.165) is 10.2 Å². The zero-order valence-corrected chi connectivity index (χ0v) is 15.0. The zero-order valence-electron chi connectivity index (χ0n) is 11.4. The van der Waals surface area contributed by atoms with Crippen molar-refractivity contribution in [2.45, 2.75) is 39.3 Å². The maximum Gasteiger partial charge on any atom is 0.146 e. The summed E-state index contributed by atoms with van der Waals surface area (Å²) in [5, 5.41) is 0. The van der Waals surface area contributed by atoms with Crippen molar-refractivity contribution in [3.8, 4) is 0 Å². The van der Waals surface area contributed by atoms with Crippen molar-refractivity contribution in [2.24, 2.45) is 0 Å². The second-order valence-corrected chi connectivity index (χ2v) is 17.2. The Hall–Kier alpha value is -0.136. The van der Waals surface area contributed by atoms with Crippen molar-refractivity contribution in [3.05, 3.63) is 28.5 Å². The maximum atomic E-state index is 14.1. The minimum atomic E-state index is -1.57. The molecule has 1 nitrogen and oxygen atoms in total. The quantitative estimate of drug-likeness (QED) is 0.698. The lowest BCUT2D eigenvalue weighted by Gasteiger charge is -2.46.